The molecule has 1 fully saturated rings. The highest BCUT2D eigenvalue weighted by atomic mass is 16.6. The van der Waals surface area contributed by atoms with Crippen LogP contribution < -0.4 is 0 Å². The van der Waals surface area contributed by atoms with Crippen LogP contribution in [-0.2, 0) is 9.53 Å². The number of esters is 1. The normalized spacial score (nSPS) is 36.6. The molecular formula is C15H25NO7. The topological polar surface area (TPSA) is 130 Å². The maximum Gasteiger partial charge on any atom is 0.341 e. The van der Waals surface area contributed by atoms with Gasteiger partial charge in [0.25, 0.3) is 0 Å². The van der Waals surface area contributed by atoms with Crippen molar-refractivity contribution in [3.05, 3.63) is 16.9 Å². The summed E-state index contributed by atoms with van der Waals surface area (Å²) in [6.07, 6.45) is -0.0950. The average molecular weight is 331 g/mol. The van der Waals surface area contributed by atoms with Crippen molar-refractivity contribution in [1.82, 2.24) is 0 Å². The Morgan fingerprint density at radius 2 is 2.13 bits per heavy atom. The molecule has 8 nitrogen and oxygen atoms in total. The first kappa shape index (κ1) is 18.3. The molecule has 0 bridgehead atoms. The van der Waals surface area contributed by atoms with E-state index in [1.165, 1.54) is 6.92 Å². The van der Waals surface area contributed by atoms with Crippen molar-refractivity contribution < 1.29 is 34.6 Å². The Hall–Kier alpha value is -1.03. The number of hydrogen-bond donors (Lipinski definition) is 4. The number of quaternary nitrogens is 1. The first-order chi connectivity index (χ1) is 10.4. The fraction of sp³-hybridized carbons (Fsp3) is 0.800. The van der Waals surface area contributed by atoms with Crippen molar-refractivity contribution in [2.45, 2.75) is 56.6 Å². The van der Waals surface area contributed by atoms with Gasteiger partial charge < -0.3 is 35.0 Å². The maximum atomic E-state index is 12.4. The minimum Gasteiger partial charge on any atom is -0.632 e. The van der Waals surface area contributed by atoms with Crippen LogP contribution in [-0.4, -0.2) is 80.2 Å². The van der Waals surface area contributed by atoms with E-state index in [0.29, 0.717) is 18.5 Å². The lowest BCUT2D eigenvalue weighted by atomic mass is 9.82. The summed E-state index contributed by atoms with van der Waals surface area (Å²) in [5.41, 5.74) is -3.90. The quantitative estimate of drug-likeness (QED) is 0.215. The number of hydroxylamine groups is 3. The number of aliphatic hydroxyl groups is 4. The van der Waals surface area contributed by atoms with E-state index in [1.807, 2.05) is 0 Å². The molecule has 8 heteroatoms. The molecule has 4 N–H and O–H groups in total. The molecule has 1 saturated heterocycles. The summed E-state index contributed by atoms with van der Waals surface area (Å²) >= 11 is 0. The lowest BCUT2D eigenvalue weighted by molar-refractivity contribution is -0.877. The average Bonchev–Trinajstić information content (AvgIpc) is 2.93. The molecule has 4 unspecified atom stereocenters. The third kappa shape index (κ3) is 2.90. The summed E-state index contributed by atoms with van der Waals surface area (Å²) in [7, 11) is 0. The highest BCUT2D eigenvalue weighted by Gasteiger charge is 2.53. The van der Waals surface area contributed by atoms with E-state index in [4.69, 9.17) is 4.74 Å². The number of carbonyl (C=O) groups is 1. The van der Waals surface area contributed by atoms with Gasteiger partial charge in [-0.15, -0.1) is 0 Å². The third-order valence-corrected chi connectivity index (χ3v) is 5.28. The third-order valence-electron chi connectivity index (χ3n) is 5.28. The number of rotatable bonds is 5. The van der Waals surface area contributed by atoms with Crippen LogP contribution in [0.25, 0.3) is 0 Å². The lowest BCUT2D eigenvalue weighted by Gasteiger charge is -2.40. The van der Waals surface area contributed by atoms with Crippen molar-refractivity contribution in [2.24, 2.45) is 0 Å². The van der Waals surface area contributed by atoms with Crippen LogP contribution in [0.4, 0.5) is 0 Å². The SMILES string of the molecule is CC(O)C(C)(O)C(C)(O)C(=O)OCC1=CC[N+]2([O-])CC[C@H](O)[C@@H]12. The van der Waals surface area contributed by atoms with Crippen LogP contribution >= 0.6 is 0 Å². The molecule has 2 aliphatic heterocycles. The number of fused-ring (bicyclic) bond motifs is 1. The predicted octanol–water partition coefficient (Wildman–Crippen LogP) is -1.20. The Morgan fingerprint density at radius 3 is 2.70 bits per heavy atom. The summed E-state index contributed by atoms with van der Waals surface area (Å²) in [6, 6.07) is -0.648. The second-order valence-corrected chi connectivity index (χ2v) is 6.91. The van der Waals surface area contributed by atoms with Gasteiger partial charge in [0.15, 0.2) is 5.60 Å². The monoisotopic (exact) mass is 331 g/mol. The van der Waals surface area contributed by atoms with Crippen LogP contribution in [0.15, 0.2) is 11.6 Å². The Kier molecular flexibility index (Phi) is 4.62. The number of ether oxygens (including phenoxy) is 1. The van der Waals surface area contributed by atoms with Crippen LogP contribution in [0.2, 0.25) is 0 Å². The smallest absolute Gasteiger partial charge is 0.341 e. The molecule has 23 heavy (non-hydrogen) atoms. The summed E-state index contributed by atoms with van der Waals surface area (Å²) < 4.78 is 4.49. The number of hydrogen-bond acceptors (Lipinski definition) is 7. The molecule has 0 saturated carbocycles. The molecule has 0 aromatic carbocycles. The van der Waals surface area contributed by atoms with E-state index in [-0.39, 0.29) is 13.2 Å². The van der Waals surface area contributed by atoms with Crippen molar-refractivity contribution >= 4 is 5.97 Å². The largest absolute Gasteiger partial charge is 0.632 e. The minimum atomic E-state index is -2.32. The highest BCUT2D eigenvalue weighted by molar-refractivity contribution is 5.80. The van der Waals surface area contributed by atoms with E-state index in [0.717, 1.165) is 13.8 Å². The van der Waals surface area contributed by atoms with Gasteiger partial charge in [0, 0.05) is 12.0 Å². The molecule has 2 aliphatic rings. The fourth-order valence-electron chi connectivity index (χ4n) is 3.16. The summed E-state index contributed by atoms with van der Waals surface area (Å²) in [6.45, 7) is 3.73. The first-order valence-corrected chi connectivity index (χ1v) is 7.68. The van der Waals surface area contributed by atoms with Gasteiger partial charge in [0.2, 0.25) is 0 Å². The molecule has 0 aromatic rings. The number of nitrogens with zero attached hydrogens (tertiary/aromatic N) is 1. The Bertz CT molecular complexity index is 514. The van der Waals surface area contributed by atoms with E-state index in [9.17, 15) is 30.4 Å². The van der Waals surface area contributed by atoms with Gasteiger partial charge in [-0.2, -0.15) is 0 Å². The Morgan fingerprint density at radius 1 is 1.52 bits per heavy atom. The molecule has 0 aromatic heterocycles. The zero-order valence-corrected chi connectivity index (χ0v) is 13.6. The Labute approximate surface area is 134 Å². The zero-order chi connectivity index (χ0) is 17.6. The van der Waals surface area contributed by atoms with Crippen LogP contribution in [0, 0.1) is 5.21 Å². The molecule has 6 atom stereocenters. The molecule has 0 aliphatic carbocycles. The van der Waals surface area contributed by atoms with Crippen molar-refractivity contribution in [3.8, 4) is 0 Å². The maximum absolute atomic E-state index is 12.4. The second-order valence-electron chi connectivity index (χ2n) is 6.91. The lowest BCUT2D eigenvalue weighted by Crippen LogP contribution is -2.61. The van der Waals surface area contributed by atoms with E-state index in [1.54, 1.807) is 6.08 Å². The number of aliphatic hydroxyl groups excluding tert-OH is 2. The Balaban J connectivity index is 2.03. The molecule has 0 spiro atoms. The summed E-state index contributed by atoms with van der Waals surface area (Å²) in [5, 5.41) is 52.2. The van der Waals surface area contributed by atoms with Crippen molar-refractivity contribution in [2.75, 3.05) is 19.7 Å². The van der Waals surface area contributed by atoms with Gasteiger partial charge >= 0.3 is 5.97 Å². The molecule has 132 valence electrons. The van der Waals surface area contributed by atoms with Gasteiger partial charge in [-0.05, 0) is 26.8 Å². The van der Waals surface area contributed by atoms with Crippen LogP contribution in [0.5, 0.6) is 0 Å². The van der Waals surface area contributed by atoms with Gasteiger partial charge in [-0.1, -0.05) is 0 Å². The predicted molar refractivity (Wildman–Crippen MR) is 79.7 cm³/mol. The molecule has 0 amide bonds. The van der Waals surface area contributed by atoms with E-state index in [2.05, 4.69) is 0 Å². The van der Waals surface area contributed by atoms with Crippen molar-refractivity contribution in [1.29, 1.82) is 0 Å². The van der Waals surface area contributed by atoms with Crippen molar-refractivity contribution in [3.63, 3.8) is 0 Å². The number of carbonyl (C=O) groups excluding carboxylic acids is 1. The first-order valence-electron chi connectivity index (χ1n) is 7.68. The molecule has 0 radical (unpaired) electrons. The van der Waals surface area contributed by atoms with Gasteiger partial charge in [0.05, 0.1) is 19.2 Å². The molecule has 2 rings (SSSR count). The second kappa shape index (κ2) is 5.80. The fourth-order valence-corrected chi connectivity index (χ4v) is 3.16. The highest BCUT2D eigenvalue weighted by Crippen LogP contribution is 2.36. The minimum absolute atomic E-state index is 0.219. The molecular weight excluding hydrogens is 306 g/mol. The molecule has 2 heterocycles. The van der Waals surface area contributed by atoms with Crippen LogP contribution in [0.3, 0.4) is 0 Å². The van der Waals surface area contributed by atoms with E-state index >= 15 is 0 Å². The van der Waals surface area contributed by atoms with E-state index < -0.39 is 40.1 Å². The summed E-state index contributed by atoms with van der Waals surface area (Å²) in [4.78, 5) is 12.1. The summed E-state index contributed by atoms with van der Waals surface area (Å²) in [5.74, 6) is -1.10. The van der Waals surface area contributed by atoms with Gasteiger partial charge in [-0.25, -0.2) is 4.79 Å². The van der Waals surface area contributed by atoms with Crippen LogP contribution in [0.1, 0.15) is 27.2 Å². The standard InChI is InChI=1S/C15H25NO7/c1-9(17)14(2,20)15(3,21)13(19)23-8-10-4-6-16(22)7-5-11(18)12(10)16/h4,9,11-12,17-18,20-21H,5-8H2,1-3H3/t9?,11-,12+,14?,15?,16?/m0/s1. The van der Waals surface area contributed by atoms with Gasteiger partial charge in [-0.3, -0.25) is 0 Å². The van der Waals surface area contributed by atoms with Gasteiger partial charge in [0.1, 0.15) is 24.4 Å². The zero-order valence-electron chi connectivity index (χ0n) is 13.6.